The van der Waals surface area contributed by atoms with Crippen LogP contribution in [0.2, 0.25) is 0 Å². The van der Waals surface area contributed by atoms with E-state index in [9.17, 15) is 13.2 Å². The Morgan fingerprint density at radius 3 is 2.62 bits per heavy atom. The smallest absolute Gasteiger partial charge is 0.251 e. The monoisotopic (exact) mass is 352 g/mol. The molecule has 2 atom stereocenters. The van der Waals surface area contributed by atoms with Crippen LogP contribution in [0.3, 0.4) is 0 Å². The second-order valence-electron chi connectivity index (χ2n) is 7.08. The van der Waals surface area contributed by atoms with E-state index in [0.717, 1.165) is 19.3 Å². The zero-order valence-corrected chi connectivity index (χ0v) is 15.8. The minimum atomic E-state index is -3.58. The topological polar surface area (TPSA) is 66.5 Å². The first-order chi connectivity index (χ1) is 11.2. The number of hydrogen-bond donors (Lipinski definition) is 1. The van der Waals surface area contributed by atoms with Gasteiger partial charge in [-0.25, -0.2) is 8.42 Å². The highest BCUT2D eigenvalue weighted by Gasteiger charge is 2.25. The Balaban J connectivity index is 2.16. The lowest BCUT2D eigenvalue weighted by molar-refractivity contribution is 0.0921. The number of sulfonamides is 1. The van der Waals surface area contributed by atoms with Crippen molar-refractivity contribution in [1.29, 1.82) is 0 Å². The lowest BCUT2D eigenvalue weighted by Crippen LogP contribution is -2.38. The maximum absolute atomic E-state index is 12.6. The molecule has 2 unspecified atom stereocenters. The Labute approximate surface area is 145 Å². The molecule has 1 aliphatic rings. The number of carbonyl (C=O) groups excluding carboxylic acids is 1. The van der Waals surface area contributed by atoms with Crippen molar-refractivity contribution in [3.8, 4) is 0 Å². The molecule has 0 saturated heterocycles. The summed E-state index contributed by atoms with van der Waals surface area (Å²) in [4.78, 5) is 12.6. The van der Waals surface area contributed by atoms with Crippen LogP contribution in [-0.4, -0.2) is 37.8 Å². The fraction of sp³-hybridized carbons (Fsp3) is 0.611. The Bertz CT molecular complexity index is 685. The first-order valence-corrected chi connectivity index (χ1v) is 10.0. The molecule has 0 aliphatic heterocycles. The van der Waals surface area contributed by atoms with Gasteiger partial charge in [0.05, 0.1) is 4.90 Å². The first-order valence-electron chi connectivity index (χ1n) is 8.60. The van der Waals surface area contributed by atoms with Crippen LogP contribution in [0.4, 0.5) is 0 Å². The average Bonchev–Trinajstić information content (AvgIpc) is 2.54. The normalized spacial score (nSPS) is 21.9. The molecule has 1 fully saturated rings. The Morgan fingerprint density at radius 2 is 2.00 bits per heavy atom. The third-order valence-electron chi connectivity index (χ3n) is 4.77. The van der Waals surface area contributed by atoms with Crippen molar-refractivity contribution in [2.75, 3.05) is 7.05 Å². The van der Waals surface area contributed by atoms with E-state index in [0.29, 0.717) is 11.5 Å². The van der Waals surface area contributed by atoms with Gasteiger partial charge in [0.15, 0.2) is 0 Å². The third-order valence-corrected chi connectivity index (χ3v) is 6.80. The Hall–Kier alpha value is -1.40. The largest absolute Gasteiger partial charge is 0.349 e. The standard InChI is InChI=1S/C18H28N2O3S/c1-13(2)20(4)24(22,23)17-10-6-8-15(12-17)18(21)19-16-9-5-7-14(3)11-16/h6,8,10,12-14,16H,5,7,9,11H2,1-4H3,(H,19,21). The molecule has 24 heavy (non-hydrogen) atoms. The Morgan fingerprint density at radius 1 is 1.29 bits per heavy atom. The minimum absolute atomic E-state index is 0.142. The highest BCUT2D eigenvalue weighted by atomic mass is 32.2. The van der Waals surface area contributed by atoms with Gasteiger partial charge in [0, 0.05) is 24.7 Å². The fourth-order valence-electron chi connectivity index (χ4n) is 3.08. The van der Waals surface area contributed by atoms with E-state index in [1.165, 1.54) is 22.9 Å². The van der Waals surface area contributed by atoms with Gasteiger partial charge in [-0.15, -0.1) is 0 Å². The number of benzene rings is 1. The lowest BCUT2D eigenvalue weighted by atomic mass is 9.87. The molecule has 1 saturated carbocycles. The molecule has 5 nitrogen and oxygen atoms in total. The number of nitrogens with one attached hydrogen (secondary N) is 1. The van der Waals surface area contributed by atoms with Crippen molar-refractivity contribution in [3.05, 3.63) is 29.8 Å². The van der Waals surface area contributed by atoms with Crippen LogP contribution in [0.15, 0.2) is 29.2 Å². The molecule has 6 heteroatoms. The Kier molecular flexibility index (Phi) is 6.04. The lowest BCUT2D eigenvalue weighted by Gasteiger charge is -2.27. The van der Waals surface area contributed by atoms with Gasteiger partial charge in [-0.3, -0.25) is 4.79 Å². The molecule has 1 aliphatic carbocycles. The third kappa shape index (κ3) is 4.36. The molecule has 0 radical (unpaired) electrons. The maximum Gasteiger partial charge on any atom is 0.251 e. The molecule has 0 spiro atoms. The summed E-state index contributed by atoms with van der Waals surface area (Å²) >= 11 is 0. The van der Waals surface area contributed by atoms with Crippen molar-refractivity contribution in [1.82, 2.24) is 9.62 Å². The summed E-state index contributed by atoms with van der Waals surface area (Å²) in [6.45, 7) is 5.84. The van der Waals surface area contributed by atoms with E-state index >= 15 is 0 Å². The summed E-state index contributed by atoms with van der Waals surface area (Å²) in [7, 11) is -2.03. The molecule has 134 valence electrons. The quantitative estimate of drug-likeness (QED) is 0.886. The summed E-state index contributed by atoms with van der Waals surface area (Å²) in [5.41, 5.74) is 0.395. The predicted molar refractivity (Wildman–Crippen MR) is 95.4 cm³/mol. The van der Waals surface area contributed by atoms with E-state index in [4.69, 9.17) is 0 Å². The van der Waals surface area contributed by atoms with Crippen LogP contribution in [0, 0.1) is 5.92 Å². The van der Waals surface area contributed by atoms with E-state index < -0.39 is 10.0 Å². The van der Waals surface area contributed by atoms with Crippen LogP contribution >= 0.6 is 0 Å². The summed E-state index contributed by atoms with van der Waals surface area (Å²) in [5, 5.41) is 3.05. The zero-order valence-electron chi connectivity index (χ0n) is 15.0. The second kappa shape index (κ2) is 7.66. The van der Waals surface area contributed by atoms with Gasteiger partial charge in [-0.1, -0.05) is 25.8 Å². The number of carbonyl (C=O) groups is 1. The molecule has 2 rings (SSSR count). The maximum atomic E-state index is 12.6. The average molecular weight is 353 g/mol. The molecule has 1 N–H and O–H groups in total. The van der Waals surface area contributed by atoms with Crippen LogP contribution in [0.1, 0.15) is 56.8 Å². The van der Waals surface area contributed by atoms with Crippen molar-refractivity contribution in [2.24, 2.45) is 5.92 Å². The van der Waals surface area contributed by atoms with E-state index in [2.05, 4.69) is 12.2 Å². The van der Waals surface area contributed by atoms with E-state index in [1.807, 2.05) is 13.8 Å². The molecule has 0 heterocycles. The minimum Gasteiger partial charge on any atom is -0.349 e. The van der Waals surface area contributed by atoms with E-state index in [1.54, 1.807) is 19.2 Å². The van der Waals surface area contributed by atoms with E-state index in [-0.39, 0.29) is 22.9 Å². The van der Waals surface area contributed by atoms with Crippen molar-refractivity contribution in [3.63, 3.8) is 0 Å². The van der Waals surface area contributed by atoms with Gasteiger partial charge in [0.2, 0.25) is 10.0 Å². The number of rotatable bonds is 5. The number of amides is 1. The van der Waals surface area contributed by atoms with Crippen molar-refractivity contribution in [2.45, 2.75) is 63.4 Å². The molecule has 0 aromatic heterocycles. The van der Waals surface area contributed by atoms with Crippen molar-refractivity contribution < 1.29 is 13.2 Å². The van der Waals surface area contributed by atoms with Gasteiger partial charge in [0.25, 0.3) is 5.91 Å². The summed E-state index contributed by atoms with van der Waals surface area (Å²) in [6, 6.07) is 6.33. The number of hydrogen-bond acceptors (Lipinski definition) is 3. The molecular formula is C18H28N2O3S. The second-order valence-corrected chi connectivity index (χ2v) is 9.08. The molecule has 1 amide bonds. The van der Waals surface area contributed by atoms with Crippen LogP contribution < -0.4 is 5.32 Å². The molecule has 1 aromatic carbocycles. The molecule has 0 bridgehead atoms. The molecular weight excluding hydrogens is 324 g/mol. The zero-order chi connectivity index (χ0) is 17.9. The van der Waals surface area contributed by atoms with Gasteiger partial charge in [-0.2, -0.15) is 4.31 Å². The van der Waals surface area contributed by atoms with Gasteiger partial charge in [0.1, 0.15) is 0 Å². The van der Waals surface area contributed by atoms with Crippen LogP contribution in [-0.2, 0) is 10.0 Å². The van der Waals surface area contributed by atoms with Crippen LogP contribution in [0.5, 0.6) is 0 Å². The number of nitrogens with zero attached hydrogens (tertiary/aromatic N) is 1. The summed E-state index contributed by atoms with van der Waals surface area (Å²) < 4.78 is 26.5. The van der Waals surface area contributed by atoms with Gasteiger partial charge < -0.3 is 5.32 Å². The van der Waals surface area contributed by atoms with Gasteiger partial charge in [-0.05, 0) is 50.8 Å². The summed E-state index contributed by atoms with van der Waals surface area (Å²) in [5.74, 6) is 0.425. The SMILES string of the molecule is CC1CCCC(NC(=O)c2cccc(S(=O)(=O)N(C)C(C)C)c2)C1. The van der Waals surface area contributed by atoms with Crippen LogP contribution in [0.25, 0.3) is 0 Å². The summed E-state index contributed by atoms with van der Waals surface area (Å²) in [6.07, 6.45) is 4.31. The van der Waals surface area contributed by atoms with Gasteiger partial charge >= 0.3 is 0 Å². The molecule has 1 aromatic rings. The van der Waals surface area contributed by atoms with Crippen molar-refractivity contribution >= 4 is 15.9 Å². The fourth-order valence-corrected chi connectivity index (χ4v) is 4.49. The predicted octanol–water partition coefficient (Wildman–Crippen LogP) is 3.02. The highest BCUT2D eigenvalue weighted by molar-refractivity contribution is 7.89. The highest BCUT2D eigenvalue weighted by Crippen LogP contribution is 2.24. The first kappa shape index (κ1) is 18.9.